The van der Waals surface area contributed by atoms with Crippen molar-refractivity contribution in [3.05, 3.63) is 23.8 Å². The van der Waals surface area contributed by atoms with Crippen molar-refractivity contribution in [3.8, 4) is 5.75 Å². The van der Waals surface area contributed by atoms with Crippen LogP contribution >= 0.6 is 0 Å². The van der Waals surface area contributed by atoms with E-state index in [1.165, 1.54) is 31.5 Å². The summed E-state index contributed by atoms with van der Waals surface area (Å²) in [5.74, 6) is 1.69. The third-order valence-corrected chi connectivity index (χ3v) is 3.66. The number of hydrogen-bond donors (Lipinski definition) is 1. The quantitative estimate of drug-likeness (QED) is 0.886. The van der Waals surface area contributed by atoms with Gasteiger partial charge in [0, 0.05) is 13.1 Å². The fourth-order valence-electron chi connectivity index (χ4n) is 2.64. The Kier molecular flexibility index (Phi) is 4.48. The zero-order chi connectivity index (χ0) is 13.0. The van der Waals surface area contributed by atoms with E-state index < -0.39 is 0 Å². The molecule has 0 radical (unpaired) electrons. The highest BCUT2D eigenvalue weighted by Gasteiger charge is 2.17. The van der Waals surface area contributed by atoms with Crippen molar-refractivity contribution in [2.24, 2.45) is 5.92 Å². The second kappa shape index (κ2) is 6.10. The molecule has 2 rings (SSSR count). The fraction of sp³-hybridized carbons (Fsp3) is 0.600. The van der Waals surface area contributed by atoms with Gasteiger partial charge in [0.25, 0.3) is 0 Å². The Morgan fingerprint density at radius 1 is 1.44 bits per heavy atom. The molecular weight excluding hydrogens is 224 g/mol. The lowest BCUT2D eigenvalue weighted by atomic mass is 9.98. The van der Waals surface area contributed by atoms with Crippen molar-refractivity contribution < 1.29 is 4.74 Å². The van der Waals surface area contributed by atoms with Crippen molar-refractivity contribution in [1.29, 1.82) is 0 Å². The predicted octanol–water partition coefficient (Wildman–Crippen LogP) is 2.76. The van der Waals surface area contributed by atoms with Gasteiger partial charge >= 0.3 is 0 Å². The minimum absolute atomic E-state index is 0.745. The van der Waals surface area contributed by atoms with Gasteiger partial charge in [-0.2, -0.15) is 0 Å². The van der Waals surface area contributed by atoms with Crippen LogP contribution in [0.3, 0.4) is 0 Å². The van der Waals surface area contributed by atoms with E-state index in [4.69, 9.17) is 4.74 Å². The highest BCUT2D eigenvalue weighted by molar-refractivity contribution is 5.57. The summed E-state index contributed by atoms with van der Waals surface area (Å²) in [5, 5.41) is 3.53. The van der Waals surface area contributed by atoms with Gasteiger partial charge in [0.2, 0.25) is 0 Å². The number of nitrogens with one attached hydrogen (secondary N) is 1. The maximum Gasteiger partial charge on any atom is 0.142 e. The molecule has 1 aromatic carbocycles. The standard InChI is InChI=1S/C15H24N2O/c1-12-6-7-14(15(9-12)18-3)16-10-13-5-4-8-17(2)11-13/h6-7,9,13,16H,4-5,8,10-11H2,1-3H3. The van der Waals surface area contributed by atoms with Crippen molar-refractivity contribution >= 4 is 5.69 Å². The lowest BCUT2D eigenvalue weighted by Crippen LogP contribution is -2.35. The molecule has 100 valence electrons. The Morgan fingerprint density at radius 2 is 2.28 bits per heavy atom. The van der Waals surface area contributed by atoms with Gasteiger partial charge in [-0.05, 0) is 57.0 Å². The summed E-state index contributed by atoms with van der Waals surface area (Å²) < 4.78 is 5.41. The van der Waals surface area contributed by atoms with Crippen molar-refractivity contribution in [3.63, 3.8) is 0 Å². The molecule has 0 amide bonds. The maximum absolute atomic E-state index is 5.41. The van der Waals surface area contributed by atoms with E-state index in [-0.39, 0.29) is 0 Å². The summed E-state index contributed by atoms with van der Waals surface area (Å²) in [6, 6.07) is 6.31. The van der Waals surface area contributed by atoms with Crippen LogP contribution in [-0.4, -0.2) is 38.7 Å². The highest BCUT2D eigenvalue weighted by Crippen LogP contribution is 2.26. The smallest absolute Gasteiger partial charge is 0.142 e. The number of ether oxygens (including phenoxy) is 1. The molecule has 0 aliphatic carbocycles. The van der Waals surface area contributed by atoms with E-state index in [1.54, 1.807) is 7.11 Å². The Labute approximate surface area is 110 Å². The normalized spacial score (nSPS) is 20.7. The number of likely N-dealkylation sites (tertiary alicyclic amines) is 1. The average Bonchev–Trinajstić information content (AvgIpc) is 2.37. The number of rotatable bonds is 4. The van der Waals surface area contributed by atoms with Crippen molar-refractivity contribution in [2.45, 2.75) is 19.8 Å². The third-order valence-electron chi connectivity index (χ3n) is 3.66. The molecule has 0 spiro atoms. The maximum atomic E-state index is 5.41. The number of anilines is 1. The number of methoxy groups -OCH3 is 1. The van der Waals surface area contributed by atoms with Crippen LogP contribution in [0.5, 0.6) is 5.75 Å². The Balaban J connectivity index is 1.93. The molecule has 1 aliphatic rings. The van der Waals surface area contributed by atoms with E-state index in [0.29, 0.717) is 0 Å². The molecule has 3 nitrogen and oxygen atoms in total. The fourth-order valence-corrected chi connectivity index (χ4v) is 2.64. The summed E-state index contributed by atoms with van der Waals surface area (Å²) in [7, 11) is 3.94. The summed E-state index contributed by atoms with van der Waals surface area (Å²) in [5.41, 5.74) is 2.34. The van der Waals surface area contributed by atoms with Gasteiger partial charge in [0.1, 0.15) is 5.75 Å². The van der Waals surface area contributed by atoms with E-state index >= 15 is 0 Å². The van der Waals surface area contributed by atoms with Gasteiger partial charge in [-0.25, -0.2) is 0 Å². The first-order valence-electron chi connectivity index (χ1n) is 6.76. The first-order valence-corrected chi connectivity index (χ1v) is 6.76. The topological polar surface area (TPSA) is 24.5 Å². The minimum Gasteiger partial charge on any atom is -0.495 e. The van der Waals surface area contributed by atoms with Crippen LogP contribution in [-0.2, 0) is 0 Å². The second-order valence-corrected chi connectivity index (χ2v) is 5.36. The lowest BCUT2D eigenvalue weighted by molar-refractivity contribution is 0.217. The van der Waals surface area contributed by atoms with E-state index in [2.05, 4.69) is 42.4 Å². The van der Waals surface area contributed by atoms with Crippen LogP contribution in [0.25, 0.3) is 0 Å². The van der Waals surface area contributed by atoms with Gasteiger partial charge in [-0.15, -0.1) is 0 Å². The molecule has 0 bridgehead atoms. The molecule has 0 saturated carbocycles. The predicted molar refractivity (Wildman–Crippen MR) is 76.4 cm³/mol. The molecule has 1 saturated heterocycles. The van der Waals surface area contributed by atoms with Crippen LogP contribution in [0, 0.1) is 12.8 Å². The minimum atomic E-state index is 0.745. The Bertz CT molecular complexity index is 392. The molecule has 1 atom stereocenters. The molecule has 1 N–H and O–H groups in total. The van der Waals surface area contributed by atoms with Crippen LogP contribution in [0.2, 0.25) is 0 Å². The number of nitrogens with zero attached hydrogens (tertiary/aromatic N) is 1. The van der Waals surface area contributed by atoms with Crippen molar-refractivity contribution in [1.82, 2.24) is 4.90 Å². The van der Waals surface area contributed by atoms with Gasteiger partial charge in [-0.1, -0.05) is 6.07 Å². The molecule has 3 heteroatoms. The highest BCUT2D eigenvalue weighted by atomic mass is 16.5. The first-order chi connectivity index (χ1) is 8.69. The largest absolute Gasteiger partial charge is 0.495 e. The van der Waals surface area contributed by atoms with Crippen LogP contribution in [0.1, 0.15) is 18.4 Å². The molecular formula is C15H24N2O. The summed E-state index contributed by atoms with van der Waals surface area (Å²) in [6.45, 7) is 5.55. The van der Waals surface area contributed by atoms with Crippen LogP contribution < -0.4 is 10.1 Å². The van der Waals surface area contributed by atoms with E-state index in [0.717, 1.165) is 23.9 Å². The number of aryl methyl sites for hydroxylation is 1. The average molecular weight is 248 g/mol. The molecule has 1 unspecified atom stereocenters. The molecule has 1 aromatic rings. The Hall–Kier alpha value is -1.22. The summed E-state index contributed by atoms with van der Waals surface area (Å²) >= 11 is 0. The van der Waals surface area contributed by atoms with E-state index in [1.807, 2.05) is 0 Å². The van der Waals surface area contributed by atoms with Crippen molar-refractivity contribution in [2.75, 3.05) is 39.1 Å². The lowest BCUT2D eigenvalue weighted by Gasteiger charge is -2.30. The van der Waals surface area contributed by atoms with Gasteiger partial charge < -0.3 is 15.0 Å². The van der Waals surface area contributed by atoms with E-state index in [9.17, 15) is 0 Å². The van der Waals surface area contributed by atoms with Gasteiger partial charge in [0.15, 0.2) is 0 Å². The zero-order valence-electron chi connectivity index (χ0n) is 11.7. The first kappa shape index (κ1) is 13.2. The zero-order valence-corrected chi connectivity index (χ0v) is 11.7. The summed E-state index contributed by atoms with van der Waals surface area (Å²) in [4.78, 5) is 2.42. The molecule has 1 heterocycles. The second-order valence-electron chi connectivity index (χ2n) is 5.36. The number of hydrogen-bond acceptors (Lipinski definition) is 3. The van der Waals surface area contributed by atoms with Crippen LogP contribution in [0.15, 0.2) is 18.2 Å². The molecule has 1 fully saturated rings. The molecule has 1 aliphatic heterocycles. The molecule has 0 aromatic heterocycles. The monoisotopic (exact) mass is 248 g/mol. The third kappa shape index (κ3) is 3.39. The number of benzene rings is 1. The Morgan fingerprint density at radius 3 is 3.00 bits per heavy atom. The van der Waals surface area contributed by atoms with Gasteiger partial charge in [-0.3, -0.25) is 0 Å². The number of piperidine rings is 1. The summed E-state index contributed by atoms with van der Waals surface area (Å²) in [6.07, 6.45) is 2.64. The van der Waals surface area contributed by atoms with Crippen LogP contribution in [0.4, 0.5) is 5.69 Å². The molecule has 18 heavy (non-hydrogen) atoms. The van der Waals surface area contributed by atoms with Gasteiger partial charge in [0.05, 0.1) is 12.8 Å². The SMILES string of the molecule is COc1cc(C)ccc1NCC1CCCN(C)C1.